The summed E-state index contributed by atoms with van der Waals surface area (Å²) in [5.41, 5.74) is 2.51. The molecule has 0 aromatic heterocycles. The second-order valence-electron chi connectivity index (χ2n) is 7.22. The fraction of sp³-hybridized carbons (Fsp3) is 0.600. The molecule has 0 radical (unpaired) electrons. The molecule has 0 atom stereocenters. The molecule has 1 N–H and O–H groups in total. The Morgan fingerprint density at radius 1 is 1.12 bits per heavy atom. The van der Waals surface area contributed by atoms with Crippen molar-refractivity contribution in [2.75, 3.05) is 13.1 Å². The van der Waals surface area contributed by atoms with Crippen LogP contribution in [0.15, 0.2) is 24.3 Å². The van der Waals surface area contributed by atoms with Crippen LogP contribution >= 0.6 is 0 Å². The zero-order valence-corrected chi connectivity index (χ0v) is 14.6. The number of amides is 2. The van der Waals surface area contributed by atoms with E-state index in [0.29, 0.717) is 6.42 Å². The van der Waals surface area contributed by atoms with E-state index in [1.807, 2.05) is 17.0 Å². The molecule has 2 amide bonds. The smallest absolute Gasteiger partial charge is 0.223 e. The number of carbonyl (C=O) groups is 2. The molecule has 2 aliphatic rings. The third-order valence-corrected chi connectivity index (χ3v) is 5.54. The van der Waals surface area contributed by atoms with E-state index in [9.17, 15) is 9.59 Å². The molecule has 3 rings (SSSR count). The van der Waals surface area contributed by atoms with Crippen molar-refractivity contribution >= 4 is 11.8 Å². The quantitative estimate of drug-likeness (QED) is 0.903. The van der Waals surface area contributed by atoms with Crippen molar-refractivity contribution in [3.05, 3.63) is 35.4 Å². The lowest BCUT2D eigenvalue weighted by Crippen LogP contribution is -2.48. The molecule has 1 aromatic rings. The first-order valence-corrected chi connectivity index (χ1v) is 9.26. The van der Waals surface area contributed by atoms with Crippen molar-refractivity contribution in [3.8, 4) is 0 Å². The van der Waals surface area contributed by atoms with E-state index in [4.69, 9.17) is 0 Å². The van der Waals surface area contributed by atoms with E-state index in [0.717, 1.165) is 45.2 Å². The van der Waals surface area contributed by atoms with Gasteiger partial charge in [0.05, 0.1) is 0 Å². The van der Waals surface area contributed by atoms with Crippen molar-refractivity contribution in [3.63, 3.8) is 0 Å². The van der Waals surface area contributed by atoms with Crippen molar-refractivity contribution < 1.29 is 9.59 Å². The number of aryl methyl sites for hydroxylation is 2. The topological polar surface area (TPSA) is 49.4 Å². The molecule has 0 spiro atoms. The van der Waals surface area contributed by atoms with E-state index >= 15 is 0 Å². The van der Waals surface area contributed by atoms with E-state index < -0.39 is 0 Å². The largest absolute Gasteiger partial charge is 0.353 e. The molecule has 130 valence electrons. The lowest BCUT2D eigenvalue weighted by atomic mass is 9.84. The number of carbonyl (C=O) groups excluding carboxylic acids is 2. The van der Waals surface area contributed by atoms with E-state index in [1.54, 1.807) is 0 Å². The Balaban J connectivity index is 1.40. The van der Waals surface area contributed by atoms with Crippen LogP contribution in [0.1, 0.15) is 49.7 Å². The Hall–Kier alpha value is -1.84. The number of rotatable bonds is 5. The molecule has 1 saturated heterocycles. The highest BCUT2D eigenvalue weighted by atomic mass is 16.2. The van der Waals surface area contributed by atoms with Crippen molar-refractivity contribution in [2.45, 2.75) is 57.9 Å². The predicted octanol–water partition coefficient (Wildman–Crippen LogP) is 2.83. The maximum Gasteiger partial charge on any atom is 0.223 e. The van der Waals surface area contributed by atoms with Crippen LogP contribution in [-0.4, -0.2) is 35.8 Å². The van der Waals surface area contributed by atoms with Crippen LogP contribution in [0.2, 0.25) is 0 Å². The first kappa shape index (κ1) is 17.0. The summed E-state index contributed by atoms with van der Waals surface area (Å²) < 4.78 is 0. The monoisotopic (exact) mass is 328 g/mol. The Kier molecular flexibility index (Phi) is 5.54. The minimum atomic E-state index is 0.227. The summed E-state index contributed by atoms with van der Waals surface area (Å²) in [6, 6.07) is 8.51. The van der Waals surface area contributed by atoms with Crippen molar-refractivity contribution in [1.82, 2.24) is 10.2 Å². The first-order valence-electron chi connectivity index (χ1n) is 9.26. The van der Waals surface area contributed by atoms with E-state index in [1.165, 1.54) is 17.5 Å². The molecule has 4 heteroatoms. The predicted molar refractivity (Wildman–Crippen MR) is 94.6 cm³/mol. The standard InChI is InChI=1S/C20H28N2O2/c1-15-5-2-3-6-16(15)9-10-19(23)22-13-11-18(12-14-22)21-20(24)17-7-4-8-17/h2-3,5-6,17-18H,4,7-14H2,1H3,(H,21,24). The summed E-state index contributed by atoms with van der Waals surface area (Å²) in [6.45, 7) is 3.63. The van der Waals surface area contributed by atoms with Crippen LogP contribution < -0.4 is 5.32 Å². The number of hydrogen-bond acceptors (Lipinski definition) is 2. The second-order valence-corrected chi connectivity index (χ2v) is 7.22. The number of piperidine rings is 1. The van der Waals surface area contributed by atoms with Gasteiger partial charge in [0.25, 0.3) is 0 Å². The molecule has 1 saturated carbocycles. The lowest BCUT2D eigenvalue weighted by Gasteiger charge is -2.34. The molecule has 1 aliphatic heterocycles. The maximum atomic E-state index is 12.4. The molecule has 0 bridgehead atoms. The fourth-order valence-corrected chi connectivity index (χ4v) is 3.55. The van der Waals surface area contributed by atoms with Gasteiger partial charge in [0.15, 0.2) is 0 Å². The van der Waals surface area contributed by atoms with Crippen LogP contribution in [-0.2, 0) is 16.0 Å². The van der Waals surface area contributed by atoms with Crippen molar-refractivity contribution in [2.24, 2.45) is 5.92 Å². The van der Waals surface area contributed by atoms with Crippen LogP contribution in [0.5, 0.6) is 0 Å². The summed E-state index contributed by atoms with van der Waals surface area (Å²) in [5.74, 6) is 0.714. The molecule has 1 aliphatic carbocycles. The SMILES string of the molecule is Cc1ccccc1CCC(=O)N1CCC(NC(=O)C2CCC2)CC1. The number of hydrogen-bond donors (Lipinski definition) is 1. The van der Waals surface area contributed by atoms with Gasteiger partial charge < -0.3 is 10.2 Å². The molecule has 1 heterocycles. The third kappa shape index (κ3) is 4.16. The highest BCUT2D eigenvalue weighted by Gasteiger charge is 2.29. The van der Waals surface area contributed by atoms with Gasteiger partial charge in [0.1, 0.15) is 0 Å². The molecule has 1 aromatic carbocycles. The highest BCUT2D eigenvalue weighted by Crippen LogP contribution is 2.26. The second kappa shape index (κ2) is 7.82. The van der Waals surface area contributed by atoms with Gasteiger partial charge in [-0.2, -0.15) is 0 Å². The lowest BCUT2D eigenvalue weighted by molar-refractivity contribution is -0.132. The van der Waals surface area contributed by atoms with E-state index in [-0.39, 0.29) is 23.8 Å². The molecule has 24 heavy (non-hydrogen) atoms. The zero-order valence-electron chi connectivity index (χ0n) is 14.6. The average molecular weight is 328 g/mol. The summed E-state index contributed by atoms with van der Waals surface area (Å²) in [5, 5.41) is 3.17. The third-order valence-electron chi connectivity index (χ3n) is 5.54. The van der Waals surface area contributed by atoms with Gasteiger partial charge in [0, 0.05) is 31.5 Å². The van der Waals surface area contributed by atoms with Crippen molar-refractivity contribution in [1.29, 1.82) is 0 Å². The summed E-state index contributed by atoms with van der Waals surface area (Å²) in [6.07, 6.45) is 6.42. The van der Waals surface area contributed by atoms with E-state index in [2.05, 4.69) is 24.4 Å². The van der Waals surface area contributed by atoms with Crippen LogP contribution in [0.25, 0.3) is 0 Å². The molecule has 2 fully saturated rings. The van der Waals surface area contributed by atoms with Crippen LogP contribution in [0.4, 0.5) is 0 Å². The van der Waals surface area contributed by atoms with Gasteiger partial charge in [-0.05, 0) is 50.2 Å². The zero-order chi connectivity index (χ0) is 16.9. The van der Waals surface area contributed by atoms with Gasteiger partial charge in [-0.3, -0.25) is 9.59 Å². The van der Waals surface area contributed by atoms with Gasteiger partial charge in [0.2, 0.25) is 11.8 Å². The molecular formula is C20H28N2O2. The Morgan fingerprint density at radius 3 is 2.46 bits per heavy atom. The Labute approximate surface area is 144 Å². The number of nitrogens with one attached hydrogen (secondary N) is 1. The molecule has 4 nitrogen and oxygen atoms in total. The van der Waals surface area contributed by atoms with Gasteiger partial charge in [-0.1, -0.05) is 30.7 Å². The average Bonchev–Trinajstić information content (AvgIpc) is 2.53. The Bertz CT molecular complexity index is 587. The number of benzene rings is 1. The number of nitrogens with zero attached hydrogens (tertiary/aromatic N) is 1. The van der Waals surface area contributed by atoms with Gasteiger partial charge in [-0.15, -0.1) is 0 Å². The minimum Gasteiger partial charge on any atom is -0.353 e. The van der Waals surface area contributed by atoms with Gasteiger partial charge >= 0.3 is 0 Å². The first-order chi connectivity index (χ1) is 11.6. The molecule has 0 unspecified atom stereocenters. The maximum absolute atomic E-state index is 12.4. The Morgan fingerprint density at radius 2 is 1.83 bits per heavy atom. The minimum absolute atomic E-state index is 0.227. The summed E-state index contributed by atoms with van der Waals surface area (Å²) in [7, 11) is 0. The normalized spacial score (nSPS) is 19.0. The fourth-order valence-electron chi connectivity index (χ4n) is 3.55. The molecular weight excluding hydrogens is 300 g/mol. The summed E-state index contributed by atoms with van der Waals surface area (Å²) >= 11 is 0. The van der Waals surface area contributed by atoms with Crippen LogP contribution in [0, 0.1) is 12.8 Å². The number of likely N-dealkylation sites (tertiary alicyclic amines) is 1. The van der Waals surface area contributed by atoms with Gasteiger partial charge in [-0.25, -0.2) is 0 Å². The highest BCUT2D eigenvalue weighted by molar-refractivity contribution is 5.80. The summed E-state index contributed by atoms with van der Waals surface area (Å²) in [4.78, 5) is 26.4. The van der Waals surface area contributed by atoms with Crippen LogP contribution in [0.3, 0.4) is 0 Å².